The summed E-state index contributed by atoms with van der Waals surface area (Å²) in [6.07, 6.45) is -1.28. The normalized spacial score (nSPS) is 20.8. The Kier molecular flexibility index (Phi) is 6.94. The minimum absolute atomic E-state index is 0.0695. The van der Waals surface area contributed by atoms with Crippen molar-refractivity contribution in [1.29, 1.82) is 5.26 Å². The van der Waals surface area contributed by atoms with Crippen LogP contribution in [-0.4, -0.2) is 34.7 Å². The van der Waals surface area contributed by atoms with Gasteiger partial charge in [-0.1, -0.05) is 24.3 Å². The van der Waals surface area contributed by atoms with E-state index in [1.807, 2.05) is 31.2 Å². The fraction of sp³-hybridized carbons (Fsp3) is 0.440. The fourth-order valence-electron chi connectivity index (χ4n) is 4.39. The number of rotatable bonds is 5. The van der Waals surface area contributed by atoms with Gasteiger partial charge in [0.25, 0.3) is 5.91 Å². The molecule has 1 aliphatic carbocycles. The summed E-state index contributed by atoms with van der Waals surface area (Å²) in [7, 11) is 0. The van der Waals surface area contributed by atoms with Gasteiger partial charge in [-0.05, 0) is 80.8 Å². The first-order chi connectivity index (χ1) is 15.1. The number of alkyl halides is 3. The predicted octanol–water partition coefficient (Wildman–Crippen LogP) is 5.52. The summed E-state index contributed by atoms with van der Waals surface area (Å²) in [5.74, 6) is 0.171. The lowest BCUT2D eigenvalue weighted by atomic mass is 9.81. The standard InChI is InChI=1S/C25H27F3N2O2/c1-3-30(22-14-10-19(11-15-22)18-6-4-17(16-29)5-7-18)23(31)20-8-12-21(13-9-20)24(2,32)25(26,27)28/h4-9,12-13,19,22,32H,3,10-11,14-15H2,1-2H3/t19?,22?,24-/m0/s1. The average Bonchev–Trinajstić information content (AvgIpc) is 2.79. The van der Waals surface area contributed by atoms with Gasteiger partial charge in [-0.15, -0.1) is 0 Å². The van der Waals surface area contributed by atoms with E-state index in [1.54, 1.807) is 4.90 Å². The fourth-order valence-corrected chi connectivity index (χ4v) is 4.39. The van der Waals surface area contributed by atoms with E-state index in [1.165, 1.54) is 17.7 Å². The minimum Gasteiger partial charge on any atom is -0.376 e. The van der Waals surface area contributed by atoms with Crippen LogP contribution < -0.4 is 0 Å². The molecule has 0 radical (unpaired) electrons. The molecule has 1 aliphatic rings. The van der Waals surface area contributed by atoms with Gasteiger partial charge >= 0.3 is 6.18 Å². The molecule has 2 aromatic carbocycles. The maximum atomic E-state index is 13.1. The molecule has 4 nitrogen and oxygen atoms in total. The number of carbonyl (C=O) groups is 1. The molecule has 3 rings (SSSR count). The molecular formula is C25H27F3N2O2. The van der Waals surface area contributed by atoms with E-state index in [2.05, 4.69) is 6.07 Å². The van der Waals surface area contributed by atoms with Crippen molar-refractivity contribution in [3.8, 4) is 6.07 Å². The van der Waals surface area contributed by atoms with Crippen LogP contribution in [0.3, 0.4) is 0 Å². The molecule has 1 fully saturated rings. The Labute approximate surface area is 186 Å². The zero-order chi connectivity index (χ0) is 23.5. The van der Waals surface area contributed by atoms with Gasteiger partial charge in [0, 0.05) is 18.2 Å². The highest BCUT2D eigenvalue weighted by Gasteiger charge is 2.51. The van der Waals surface area contributed by atoms with E-state index in [0.29, 0.717) is 30.5 Å². The van der Waals surface area contributed by atoms with Gasteiger partial charge in [0.15, 0.2) is 5.60 Å². The van der Waals surface area contributed by atoms with Crippen molar-refractivity contribution in [2.24, 2.45) is 0 Å². The van der Waals surface area contributed by atoms with Crippen LogP contribution in [0.1, 0.15) is 72.5 Å². The van der Waals surface area contributed by atoms with E-state index in [0.717, 1.165) is 37.8 Å². The van der Waals surface area contributed by atoms with Crippen LogP contribution in [0.2, 0.25) is 0 Å². The molecular weight excluding hydrogens is 417 g/mol. The number of hydrogen-bond donors (Lipinski definition) is 1. The third kappa shape index (κ3) is 4.81. The lowest BCUT2D eigenvalue weighted by Crippen LogP contribution is -2.42. The van der Waals surface area contributed by atoms with Crippen molar-refractivity contribution in [2.45, 2.75) is 63.3 Å². The van der Waals surface area contributed by atoms with Crippen LogP contribution in [0, 0.1) is 11.3 Å². The zero-order valence-electron chi connectivity index (χ0n) is 18.2. The second kappa shape index (κ2) is 9.33. The molecule has 170 valence electrons. The van der Waals surface area contributed by atoms with Crippen molar-refractivity contribution in [2.75, 3.05) is 6.54 Å². The predicted molar refractivity (Wildman–Crippen MR) is 115 cm³/mol. The number of nitrogens with zero attached hydrogens (tertiary/aromatic N) is 2. The Morgan fingerprint density at radius 2 is 1.62 bits per heavy atom. The first-order valence-corrected chi connectivity index (χ1v) is 10.8. The third-order valence-corrected chi connectivity index (χ3v) is 6.50. The number of halogens is 3. The van der Waals surface area contributed by atoms with Gasteiger partial charge < -0.3 is 10.0 Å². The lowest BCUT2D eigenvalue weighted by molar-refractivity contribution is -0.258. The monoisotopic (exact) mass is 444 g/mol. The summed E-state index contributed by atoms with van der Waals surface area (Å²) in [5, 5.41) is 18.8. The number of nitriles is 1. The van der Waals surface area contributed by atoms with Crippen molar-refractivity contribution < 1.29 is 23.1 Å². The second-order valence-electron chi connectivity index (χ2n) is 8.48. The SMILES string of the molecule is CCN(C(=O)c1ccc([C@](C)(O)C(F)(F)F)cc1)C1CCC(c2ccc(C#N)cc2)CC1. The summed E-state index contributed by atoms with van der Waals surface area (Å²) in [6.45, 7) is 3.11. The van der Waals surface area contributed by atoms with Gasteiger partial charge in [0.1, 0.15) is 0 Å². The summed E-state index contributed by atoms with van der Waals surface area (Å²) in [6, 6.07) is 14.8. The second-order valence-corrected chi connectivity index (χ2v) is 8.48. The van der Waals surface area contributed by atoms with E-state index in [4.69, 9.17) is 5.26 Å². The highest BCUT2D eigenvalue weighted by atomic mass is 19.4. The van der Waals surface area contributed by atoms with Crippen LogP contribution in [0.5, 0.6) is 0 Å². The molecule has 0 aromatic heterocycles. The molecule has 1 saturated carbocycles. The molecule has 0 unspecified atom stereocenters. The Morgan fingerprint density at radius 1 is 1.06 bits per heavy atom. The van der Waals surface area contributed by atoms with E-state index in [-0.39, 0.29) is 17.5 Å². The molecule has 2 aromatic rings. The van der Waals surface area contributed by atoms with Gasteiger partial charge in [0.05, 0.1) is 11.6 Å². The van der Waals surface area contributed by atoms with Crippen LogP contribution in [0.15, 0.2) is 48.5 Å². The molecule has 0 spiro atoms. The number of carbonyl (C=O) groups excluding carboxylic acids is 1. The van der Waals surface area contributed by atoms with E-state index < -0.39 is 11.8 Å². The van der Waals surface area contributed by atoms with Crippen molar-refractivity contribution in [3.63, 3.8) is 0 Å². The molecule has 0 saturated heterocycles. The Bertz CT molecular complexity index is 968. The van der Waals surface area contributed by atoms with Crippen molar-refractivity contribution in [1.82, 2.24) is 4.90 Å². The van der Waals surface area contributed by atoms with Gasteiger partial charge in [-0.25, -0.2) is 0 Å². The largest absolute Gasteiger partial charge is 0.421 e. The maximum absolute atomic E-state index is 13.1. The average molecular weight is 444 g/mol. The highest BCUT2D eigenvalue weighted by Crippen LogP contribution is 2.39. The van der Waals surface area contributed by atoms with Crippen LogP contribution >= 0.6 is 0 Å². The van der Waals surface area contributed by atoms with E-state index >= 15 is 0 Å². The Balaban J connectivity index is 1.67. The quantitative estimate of drug-likeness (QED) is 0.661. The van der Waals surface area contributed by atoms with E-state index in [9.17, 15) is 23.1 Å². The van der Waals surface area contributed by atoms with Crippen molar-refractivity contribution >= 4 is 5.91 Å². The lowest BCUT2D eigenvalue weighted by Gasteiger charge is -2.37. The Morgan fingerprint density at radius 3 is 2.09 bits per heavy atom. The number of benzene rings is 2. The third-order valence-electron chi connectivity index (χ3n) is 6.50. The molecule has 1 amide bonds. The summed E-state index contributed by atoms with van der Waals surface area (Å²) >= 11 is 0. The number of hydrogen-bond acceptors (Lipinski definition) is 3. The van der Waals surface area contributed by atoms with Crippen molar-refractivity contribution in [3.05, 3.63) is 70.8 Å². The number of amides is 1. The smallest absolute Gasteiger partial charge is 0.376 e. The Hall–Kier alpha value is -2.85. The first-order valence-electron chi connectivity index (χ1n) is 10.8. The maximum Gasteiger partial charge on any atom is 0.421 e. The molecule has 1 N–H and O–H groups in total. The molecule has 0 bridgehead atoms. The minimum atomic E-state index is -4.80. The molecule has 7 heteroatoms. The molecule has 0 aliphatic heterocycles. The van der Waals surface area contributed by atoms with Crippen LogP contribution in [-0.2, 0) is 5.60 Å². The highest BCUT2D eigenvalue weighted by molar-refractivity contribution is 5.94. The van der Waals surface area contributed by atoms with Gasteiger partial charge in [0.2, 0.25) is 0 Å². The molecule has 32 heavy (non-hydrogen) atoms. The van der Waals surface area contributed by atoms with Crippen LogP contribution in [0.4, 0.5) is 13.2 Å². The molecule has 0 heterocycles. The van der Waals surface area contributed by atoms with Gasteiger partial charge in [-0.2, -0.15) is 18.4 Å². The summed E-state index contributed by atoms with van der Waals surface area (Å²) in [4.78, 5) is 14.8. The first kappa shape index (κ1) is 23.8. The topological polar surface area (TPSA) is 64.3 Å². The molecule has 1 atom stereocenters. The van der Waals surface area contributed by atoms with Crippen LogP contribution in [0.25, 0.3) is 0 Å². The summed E-state index contributed by atoms with van der Waals surface area (Å²) in [5.41, 5.74) is -1.13. The zero-order valence-corrected chi connectivity index (χ0v) is 18.2. The van der Waals surface area contributed by atoms with Gasteiger partial charge in [-0.3, -0.25) is 4.79 Å². The summed E-state index contributed by atoms with van der Waals surface area (Å²) < 4.78 is 39.2. The number of aliphatic hydroxyl groups is 1.